The van der Waals surface area contributed by atoms with Gasteiger partial charge >= 0.3 is 0 Å². The third kappa shape index (κ3) is 5.71. The summed E-state index contributed by atoms with van der Waals surface area (Å²) in [4.78, 5) is 40.0. The van der Waals surface area contributed by atoms with Crippen molar-refractivity contribution in [1.29, 1.82) is 0 Å². The number of rotatable bonds is 6. The number of ether oxygens (including phenoxy) is 1. The number of amides is 3. The number of carbonyl (C=O) groups excluding carboxylic acids is 3. The first-order chi connectivity index (χ1) is 9.95. The Morgan fingerprint density at radius 1 is 1.05 bits per heavy atom. The van der Waals surface area contributed by atoms with Crippen molar-refractivity contribution in [2.75, 3.05) is 53.0 Å². The topological polar surface area (TPSA) is 70.2 Å². The summed E-state index contributed by atoms with van der Waals surface area (Å²) in [5.74, 6) is -0.139. The van der Waals surface area contributed by atoms with Crippen LogP contribution in [0.1, 0.15) is 20.3 Å². The van der Waals surface area contributed by atoms with E-state index in [4.69, 9.17) is 4.74 Å². The highest BCUT2D eigenvalue weighted by atomic mass is 16.5. The van der Waals surface area contributed by atoms with E-state index in [0.717, 1.165) is 0 Å². The van der Waals surface area contributed by atoms with E-state index < -0.39 is 0 Å². The Balaban J connectivity index is 2.43. The molecule has 7 nitrogen and oxygen atoms in total. The molecule has 0 aromatic rings. The Hall–Kier alpha value is -1.63. The molecule has 1 aliphatic heterocycles. The Morgan fingerprint density at radius 2 is 1.62 bits per heavy atom. The van der Waals surface area contributed by atoms with Crippen LogP contribution in [0.15, 0.2) is 0 Å². The average Bonchev–Trinajstić information content (AvgIpc) is 2.46. The van der Waals surface area contributed by atoms with Crippen molar-refractivity contribution in [3.8, 4) is 0 Å². The SMILES string of the molecule is COCCCN(CC(=O)N1CCN(C(C)=O)CC1)C(C)=O. The molecule has 0 saturated carbocycles. The molecule has 21 heavy (non-hydrogen) atoms. The fraction of sp³-hybridized carbons (Fsp3) is 0.786. The Kier molecular flexibility index (Phi) is 7.14. The quantitative estimate of drug-likeness (QED) is 0.624. The third-order valence-corrected chi connectivity index (χ3v) is 3.63. The molecular weight excluding hydrogens is 274 g/mol. The summed E-state index contributed by atoms with van der Waals surface area (Å²) < 4.78 is 4.96. The van der Waals surface area contributed by atoms with Gasteiger partial charge in [-0.15, -0.1) is 0 Å². The van der Waals surface area contributed by atoms with E-state index in [9.17, 15) is 14.4 Å². The van der Waals surface area contributed by atoms with E-state index in [1.165, 1.54) is 13.8 Å². The van der Waals surface area contributed by atoms with Crippen LogP contribution in [0.4, 0.5) is 0 Å². The van der Waals surface area contributed by atoms with E-state index in [1.54, 1.807) is 21.8 Å². The summed E-state index contributed by atoms with van der Waals surface area (Å²) in [6, 6.07) is 0. The minimum atomic E-state index is -0.109. The second kappa shape index (κ2) is 8.61. The van der Waals surface area contributed by atoms with Gasteiger partial charge in [0.15, 0.2) is 0 Å². The highest BCUT2D eigenvalue weighted by molar-refractivity contribution is 5.84. The number of methoxy groups -OCH3 is 1. The first-order valence-electron chi connectivity index (χ1n) is 7.23. The Bertz CT molecular complexity index is 378. The van der Waals surface area contributed by atoms with Crippen molar-refractivity contribution in [2.45, 2.75) is 20.3 Å². The molecule has 0 N–H and O–H groups in total. The average molecular weight is 299 g/mol. The zero-order valence-electron chi connectivity index (χ0n) is 13.1. The van der Waals surface area contributed by atoms with Crippen LogP contribution in [-0.4, -0.2) is 85.4 Å². The van der Waals surface area contributed by atoms with Gasteiger partial charge in [-0.1, -0.05) is 0 Å². The molecular formula is C14H25N3O4. The molecule has 1 heterocycles. The van der Waals surface area contributed by atoms with Crippen molar-refractivity contribution in [3.63, 3.8) is 0 Å². The van der Waals surface area contributed by atoms with Crippen LogP contribution in [0.5, 0.6) is 0 Å². The fourth-order valence-corrected chi connectivity index (χ4v) is 2.28. The second-order valence-corrected chi connectivity index (χ2v) is 5.17. The van der Waals surface area contributed by atoms with Crippen LogP contribution >= 0.6 is 0 Å². The van der Waals surface area contributed by atoms with Gasteiger partial charge in [0.25, 0.3) is 0 Å². The lowest BCUT2D eigenvalue weighted by atomic mass is 10.3. The Labute approximate surface area is 125 Å². The van der Waals surface area contributed by atoms with Gasteiger partial charge < -0.3 is 19.4 Å². The molecule has 0 spiro atoms. The monoisotopic (exact) mass is 299 g/mol. The molecule has 0 aliphatic carbocycles. The van der Waals surface area contributed by atoms with Crippen LogP contribution in [-0.2, 0) is 19.1 Å². The molecule has 3 amide bonds. The summed E-state index contributed by atoms with van der Waals surface area (Å²) in [5.41, 5.74) is 0. The van der Waals surface area contributed by atoms with Gasteiger partial charge in [0.2, 0.25) is 17.7 Å². The van der Waals surface area contributed by atoms with Crippen LogP contribution < -0.4 is 0 Å². The van der Waals surface area contributed by atoms with E-state index >= 15 is 0 Å². The first kappa shape index (κ1) is 17.4. The standard InChI is InChI=1S/C14H25N3O4/c1-12(18)15-6-8-16(9-7-15)14(20)11-17(13(2)19)5-4-10-21-3/h4-11H2,1-3H3. The maximum Gasteiger partial charge on any atom is 0.242 e. The number of carbonyl (C=O) groups is 3. The smallest absolute Gasteiger partial charge is 0.242 e. The number of hydrogen-bond donors (Lipinski definition) is 0. The van der Waals surface area contributed by atoms with Crippen LogP contribution in [0.3, 0.4) is 0 Å². The highest BCUT2D eigenvalue weighted by Gasteiger charge is 2.24. The van der Waals surface area contributed by atoms with Crippen molar-refractivity contribution >= 4 is 17.7 Å². The molecule has 0 aromatic heterocycles. The van der Waals surface area contributed by atoms with Crippen molar-refractivity contribution in [3.05, 3.63) is 0 Å². The lowest BCUT2D eigenvalue weighted by molar-refractivity contribution is -0.142. The molecule has 1 saturated heterocycles. The lowest BCUT2D eigenvalue weighted by Crippen LogP contribution is -2.52. The van der Waals surface area contributed by atoms with Crippen molar-refractivity contribution < 1.29 is 19.1 Å². The second-order valence-electron chi connectivity index (χ2n) is 5.17. The maximum absolute atomic E-state index is 12.2. The molecule has 120 valence electrons. The summed E-state index contributed by atoms with van der Waals surface area (Å²) in [5, 5.41) is 0. The van der Waals surface area contributed by atoms with Gasteiger partial charge in [-0.25, -0.2) is 0 Å². The van der Waals surface area contributed by atoms with Gasteiger partial charge in [-0.3, -0.25) is 14.4 Å². The van der Waals surface area contributed by atoms with Crippen LogP contribution in [0.25, 0.3) is 0 Å². The molecule has 0 radical (unpaired) electrons. The lowest BCUT2D eigenvalue weighted by Gasteiger charge is -2.35. The fourth-order valence-electron chi connectivity index (χ4n) is 2.28. The Morgan fingerprint density at radius 3 is 2.10 bits per heavy atom. The summed E-state index contributed by atoms with van der Waals surface area (Å²) in [7, 11) is 1.61. The van der Waals surface area contributed by atoms with Gasteiger partial charge in [0, 0.05) is 60.3 Å². The summed E-state index contributed by atoms with van der Waals surface area (Å²) in [6.07, 6.45) is 0.710. The van der Waals surface area contributed by atoms with E-state index in [-0.39, 0.29) is 24.3 Å². The maximum atomic E-state index is 12.2. The number of hydrogen-bond acceptors (Lipinski definition) is 4. The molecule has 0 aromatic carbocycles. The highest BCUT2D eigenvalue weighted by Crippen LogP contribution is 2.04. The minimum Gasteiger partial charge on any atom is -0.385 e. The molecule has 0 bridgehead atoms. The van der Waals surface area contributed by atoms with Gasteiger partial charge in [-0.2, -0.15) is 0 Å². The van der Waals surface area contributed by atoms with Crippen molar-refractivity contribution in [2.24, 2.45) is 0 Å². The largest absolute Gasteiger partial charge is 0.385 e. The number of piperazine rings is 1. The third-order valence-electron chi connectivity index (χ3n) is 3.63. The molecule has 1 rings (SSSR count). The van der Waals surface area contributed by atoms with Crippen molar-refractivity contribution in [1.82, 2.24) is 14.7 Å². The van der Waals surface area contributed by atoms with Gasteiger partial charge in [0.05, 0.1) is 6.54 Å². The zero-order chi connectivity index (χ0) is 15.8. The molecule has 7 heteroatoms. The molecule has 1 fully saturated rings. The van der Waals surface area contributed by atoms with Crippen LogP contribution in [0, 0.1) is 0 Å². The van der Waals surface area contributed by atoms with Gasteiger partial charge in [-0.05, 0) is 6.42 Å². The molecule has 0 unspecified atom stereocenters. The first-order valence-corrected chi connectivity index (χ1v) is 7.23. The van der Waals surface area contributed by atoms with E-state index in [0.29, 0.717) is 45.8 Å². The van der Waals surface area contributed by atoms with E-state index in [1.807, 2.05) is 0 Å². The van der Waals surface area contributed by atoms with E-state index in [2.05, 4.69) is 0 Å². The number of nitrogens with zero attached hydrogens (tertiary/aromatic N) is 3. The molecule has 0 atom stereocenters. The summed E-state index contributed by atoms with van der Waals surface area (Å²) in [6.45, 7) is 6.36. The van der Waals surface area contributed by atoms with Crippen LogP contribution in [0.2, 0.25) is 0 Å². The predicted molar refractivity (Wildman–Crippen MR) is 77.6 cm³/mol. The zero-order valence-corrected chi connectivity index (χ0v) is 13.1. The minimum absolute atomic E-state index is 0.0343. The summed E-state index contributed by atoms with van der Waals surface area (Å²) >= 11 is 0. The predicted octanol–water partition coefficient (Wildman–Crippen LogP) is -0.438. The normalized spacial score (nSPS) is 15.0. The van der Waals surface area contributed by atoms with Gasteiger partial charge in [0.1, 0.15) is 0 Å². The molecule has 1 aliphatic rings.